The Morgan fingerprint density at radius 1 is 1.55 bits per heavy atom. The van der Waals surface area contributed by atoms with Crippen LogP contribution in [0.5, 0.6) is 0 Å². The Labute approximate surface area is 64.1 Å². The Hall–Kier alpha value is -1.19. The zero-order valence-electron chi connectivity index (χ0n) is 6.20. The molecule has 0 aromatic carbocycles. The van der Waals surface area contributed by atoms with Crippen molar-refractivity contribution in [2.45, 2.75) is 25.9 Å². The Balaban J connectivity index is 2.69. The molecular formula is C7H10O4. The molecule has 0 amide bonds. The van der Waals surface area contributed by atoms with E-state index in [0.29, 0.717) is 6.42 Å². The van der Waals surface area contributed by atoms with Gasteiger partial charge in [0.05, 0.1) is 0 Å². The van der Waals surface area contributed by atoms with Crippen molar-refractivity contribution in [3.05, 3.63) is 11.5 Å². The molecule has 0 aliphatic carbocycles. The normalized spacial score (nSPS) is 24.1. The van der Waals surface area contributed by atoms with Crippen LogP contribution in [-0.4, -0.2) is 22.3 Å². The molecule has 0 saturated carbocycles. The predicted octanol–water partition coefficient (Wildman–Crippen LogP) is 1.04. The van der Waals surface area contributed by atoms with Gasteiger partial charge in [0.15, 0.2) is 11.9 Å². The van der Waals surface area contributed by atoms with Gasteiger partial charge in [-0.05, 0) is 6.42 Å². The highest BCUT2D eigenvalue weighted by Gasteiger charge is 2.33. The maximum absolute atomic E-state index is 10.6. The second-order valence-electron chi connectivity index (χ2n) is 2.42. The molecule has 4 heteroatoms. The molecule has 0 radical (unpaired) electrons. The van der Waals surface area contributed by atoms with Crippen LogP contribution in [0, 0.1) is 0 Å². The van der Waals surface area contributed by atoms with Crippen molar-refractivity contribution in [2.24, 2.45) is 0 Å². The van der Waals surface area contributed by atoms with E-state index in [0.717, 1.165) is 6.42 Å². The minimum Gasteiger partial charge on any atom is -0.505 e. The summed E-state index contributed by atoms with van der Waals surface area (Å²) < 4.78 is 4.61. The minimum absolute atomic E-state index is 0.336. The van der Waals surface area contributed by atoms with Crippen molar-refractivity contribution >= 4 is 5.97 Å². The largest absolute Gasteiger partial charge is 0.505 e. The number of ether oxygens (including phenoxy) is 1. The molecule has 0 saturated heterocycles. The van der Waals surface area contributed by atoms with Crippen LogP contribution >= 0.6 is 0 Å². The van der Waals surface area contributed by atoms with Gasteiger partial charge in [0.2, 0.25) is 5.76 Å². The van der Waals surface area contributed by atoms with Crippen LogP contribution in [0.3, 0.4) is 0 Å². The van der Waals surface area contributed by atoms with Gasteiger partial charge in [-0.3, -0.25) is 0 Å². The third kappa shape index (κ3) is 1.29. The molecule has 0 aromatic heterocycles. The van der Waals surface area contributed by atoms with Crippen molar-refractivity contribution < 1.29 is 19.7 Å². The predicted molar refractivity (Wildman–Crippen MR) is 37.1 cm³/mol. The number of aliphatic hydroxyl groups excluding tert-OH is 2. The molecule has 0 aromatic rings. The lowest BCUT2D eigenvalue weighted by molar-refractivity contribution is -0.142. The Morgan fingerprint density at radius 2 is 2.18 bits per heavy atom. The lowest BCUT2D eigenvalue weighted by Crippen LogP contribution is -2.10. The summed E-state index contributed by atoms with van der Waals surface area (Å²) in [6.07, 6.45) is 0.698. The van der Waals surface area contributed by atoms with Crippen molar-refractivity contribution in [2.75, 3.05) is 0 Å². The number of carbonyl (C=O) groups is 1. The minimum atomic E-state index is -0.832. The zero-order valence-corrected chi connectivity index (χ0v) is 6.20. The molecule has 4 nitrogen and oxygen atoms in total. The molecule has 0 fully saturated rings. The third-order valence-corrected chi connectivity index (χ3v) is 1.54. The fraction of sp³-hybridized carbons (Fsp3) is 0.571. The summed E-state index contributed by atoms with van der Waals surface area (Å²) in [6, 6.07) is 0. The first-order valence-corrected chi connectivity index (χ1v) is 3.50. The van der Waals surface area contributed by atoms with E-state index in [1.807, 2.05) is 6.92 Å². The van der Waals surface area contributed by atoms with E-state index < -0.39 is 17.8 Å². The number of hydrogen-bond acceptors (Lipinski definition) is 4. The number of carbonyl (C=O) groups excluding carboxylic acids is 1. The van der Waals surface area contributed by atoms with Gasteiger partial charge in [0, 0.05) is 0 Å². The van der Waals surface area contributed by atoms with Crippen molar-refractivity contribution in [1.29, 1.82) is 0 Å². The lowest BCUT2D eigenvalue weighted by Gasteiger charge is -2.06. The number of rotatable bonds is 2. The van der Waals surface area contributed by atoms with Gasteiger partial charge in [0.25, 0.3) is 0 Å². The van der Waals surface area contributed by atoms with Gasteiger partial charge in [-0.1, -0.05) is 13.3 Å². The third-order valence-electron chi connectivity index (χ3n) is 1.54. The van der Waals surface area contributed by atoms with Crippen LogP contribution < -0.4 is 0 Å². The molecule has 0 bridgehead atoms. The average molecular weight is 158 g/mol. The maximum atomic E-state index is 10.6. The molecule has 1 heterocycles. The fourth-order valence-corrected chi connectivity index (χ4v) is 0.956. The summed E-state index contributed by atoms with van der Waals surface area (Å²) >= 11 is 0. The highest BCUT2D eigenvalue weighted by molar-refractivity contribution is 5.88. The summed E-state index contributed by atoms with van der Waals surface area (Å²) in [4.78, 5) is 10.6. The summed E-state index contributed by atoms with van der Waals surface area (Å²) in [6.45, 7) is 1.90. The van der Waals surface area contributed by atoms with Gasteiger partial charge in [-0.15, -0.1) is 0 Å². The fourth-order valence-electron chi connectivity index (χ4n) is 0.956. The van der Waals surface area contributed by atoms with E-state index in [-0.39, 0.29) is 5.76 Å². The first-order valence-electron chi connectivity index (χ1n) is 3.50. The van der Waals surface area contributed by atoms with Crippen LogP contribution in [0.15, 0.2) is 11.5 Å². The van der Waals surface area contributed by atoms with Crippen LogP contribution in [0.2, 0.25) is 0 Å². The Kier molecular flexibility index (Phi) is 2.03. The Bertz CT molecular complexity index is 206. The van der Waals surface area contributed by atoms with E-state index in [2.05, 4.69) is 4.74 Å². The molecule has 1 aliphatic heterocycles. The zero-order chi connectivity index (χ0) is 8.43. The van der Waals surface area contributed by atoms with Gasteiger partial charge in [0.1, 0.15) is 0 Å². The number of cyclic esters (lactones) is 1. The first-order chi connectivity index (χ1) is 5.16. The van der Waals surface area contributed by atoms with Gasteiger partial charge in [-0.2, -0.15) is 0 Å². The quantitative estimate of drug-likeness (QED) is 0.589. The number of aliphatic hydroxyl groups is 2. The van der Waals surface area contributed by atoms with Crippen LogP contribution in [0.1, 0.15) is 19.8 Å². The molecule has 11 heavy (non-hydrogen) atoms. The van der Waals surface area contributed by atoms with Gasteiger partial charge in [-0.25, -0.2) is 4.79 Å². The van der Waals surface area contributed by atoms with E-state index >= 15 is 0 Å². The van der Waals surface area contributed by atoms with E-state index in [1.165, 1.54) is 0 Å². The van der Waals surface area contributed by atoms with E-state index in [9.17, 15) is 4.79 Å². The van der Waals surface area contributed by atoms with Gasteiger partial charge < -0.3 is 14.9 Å². The number of hydrogen-bond donors (Lipinski definition) is 2. The summed E-state index contributed by atoms with van der Waals surface area (Å²) in [7, 11) is 0. The molecular weight excluding hydrogens is 148 g/mol. The van der Waals surface area contributed by atoms with Crippen LogP contribution in [-0.2, 0) is 9.53 Å². The molecule has 0 spiro atoms. The molecule has 62 valence electrons. The second-order valence-corrected chi connectivity index (χ2v) is 2.42. The molecule has 1 rings (SSSR count). The van der Waals surface area contributed by atoms with Crippen LogP contribution in [0.25, 0.3) is 0 Å². The highest BCUT2D eigenvalue weighted by Crippen LogP contribution is 2.21. The smallest absolute Gasteiger partial charge is 0.377 e. The van der Waals surface area contributed by atoms with E-state index in [4.69, 9.17) is 10.2 Å². The highest BCUT2D eigenvalue weighted by atomic mass is 16.6. The summed E-state index contributed by atoms with van der Waals surface area (Å²) in [5, 5.41) is 17.9. The monoisotopic (exact) mass is 158 g/mol. The van der Waals surface area contributed by atoms with Crippen molar-refractivity contribution in [1.82, 2.24) is 0 Å². The van der Waals surface area contributed by atoms with Crippen molar-refractivity contribution in [3.63, 3.8) is 0 Å². The second kappa shape index (κ2) is 2.82. The van der Waals surface area contributed by atoms with Gasteiger partial charge >= 0.3 is 5.97 Å². The first kappa shape index (κ1) is 7.91. The average Bonchev–Trinajstić information content (AvgIpc) is 2.19. The number of esters is 1. The molecule has 1 atom stereocenters. The molecule has 2 N–H and O–H groups in total. The topological polar surface area (TPSA) is 66.8 Å². The summed E-state index contributed by atoms with van der Waals surface area (Å²) in [5.41, 5.74) is 0. The van der Waals surface area contributed by atoms with Crippen molar-refractivity contribution in [3.8, 4) is 0 Å². The van der Waals surface area contributed by atoms with Crippen LogP contribution in [0.4, 0.5) is 0 Å². The SMILES string of the molecule is CCCC1OC(=O)C(O)=C1O. The molecule has 1 aliphatic rings. The standard InChI is InChI=1S/C7H10O4/c1-2-3-4-5(8)6(9)7(10)11-4/h4,8-9H,2-3H2,1H3. The Morgan fingerprint density at radius 3 is 2.55 bits per heavy atom. The van der Waals surface area contributed by atoms with E-state index in [1.54, 1.807) is 0 Å². The lowest BCUT2D eigenvalue weighted by atomic mass is 10.2. The summed E-state index contributed by atoms with van der Waals surface area (Å²) in [5.74, 6) is -1.82. The molecule has 1 unspecified atom stereocenters. The maximum Gasteiger partial charge on any atom is 0.377 e.